The third-order valence-corrected chi connectivity index (χ3v) is 6.52. The Balaban J connectivity index is 1.20. The first-order chi connectivity index (χ1) is 18.6. The van der Waals surface area contributed by atoms with Crippen LogP contribution in [0, 0.1) is 0 Å². The van der Waals surface area contributed by atoms with Gasteiger partial charge in [0.15, 0.2) is 0 Å². The summed E-state index contributed by atoms with van der Waals surface area (Å²) in [6, 6.07) is 21.6. The summed E-state index contributed by atoms with van der Waals surface area (Å²) in [5.74, 6) is 1.84. The van der Waals surface area contributed by atoms with Gasteiger partial charge in [0.05, 0.1) is 0 Å². The Kier molecular flexibility index (Phi) is 7.80. The van der Waals surface area contributed by atoms with Crippen molar-refractivity contribution in [3.05, 3.63) is 90.1 Å². The van der Waals surface area contributed by atoms with Gasteiger partial charge in [0.1, 0.15) is 29.7 Å². The SMILES string of the molecule is CNC(=O)c1cccc2cc(Oc3ccnc(NC(=O)c4ccc(OCCN5CCCC5)cc4)c3)ccc12. The largest absolute Gasteiger partial charge is 0.492 e. The predicted octanol–water partition coefficient (Wildman–Crippen LogP) is 5.11. The second-order valence-electron chi connectivity index (χ2n) is 9.12. The number of benzene rings is 3. The van der Waals surface area contributed by atoms with E-state index < -0.39 is 0 Å². The molecular weight excluding hydrogens is 480 g/mol. The number of hydrogen-bond acceptors (Lipinski definition) is 6. The second-order valence-corrected chi connectivity index (χ2v) is 9.12. The van der Waals surface area contributed by atoms with Crippen molar-refractivity contribution in [3.8, 4) is 17.2 Å². The molecule has 1 fully saturated rings. The minimum absolute atomic E-state index is 0.140. The predicted molar refractivity (Wildman–Crippen MR) is 147 cm³/mol. The number of likely N-dealkylation sites (tertiary alicyclic amines) is 1. The first kappa shape index (κ1) is 25.2. The maximum atomic E-state index is 12.8. The van der Waals surface area contributed by atoms with Crippen LogP contribution < -0.4 is 20.1 Å². The molecule has 2 N–H and O–H groups in total. The highest BCUT2D eigenvalue weighted by Gasteiger charge is 2.12. The van der Waals surface area contributed by atoms with Crippen molar-refractivity contribution < 1.29 is 19.1 Å². The third-order valence-electron chi connectivity index (χ3n) is 6.52. The summed E-state index contributed by atoms with van der Waals surface area (Å²) >= 11 is 0. The molecule has 0 saturated carbocycles. The molecule has 0 spiro atoms. The lowest BCUT2D eigenvalue weighted by Crippen LogP contribution is -2.25. The van der Waals surface area contributed by atoms with Gasteiger partial charge in [-0.3, -0.25) is 14.5 Å². The van der Waals surface area contributed by atoms with E-state index in [0.717, 1.165) is 36.2 Å². The van der Waals surface area contributed by atoms with Crippen LogP contribution in [0.5, 0.6) is 17.2 Å². The van der Waals surface area contributed by atoms with E-state index in [1.165, 1.54) is 12.8 Å². The number of amides is 2. The zero-order valence-corrected chi connectivity index (χ0v) is 21.3. The second kappa shape index (κ2) is 11.7. The average Bonchev–Trinajstić information content (AvgIpc) is 3.46. The summed E-state index contributed by atoms with van der Waals surface area (Å²) in [7, 11) is 1.61. The smallest absolute Gasteiger partial charge is 0.256 e. The first-order valence-corrected chi connectivity index (χ1v) is 12.7. The number of hydrogen-bond donors (Lipinski definition) is 2. The number of rotatable bonds is 9. The van der Waals surface area contributed by atoms with Crippen LogP contribution in [0.3, 0.4) is 0 Å². The van der Waals surface area contributed by atoms with Crippen molar-refractivity contribution in [1.29, 1.82) is 0 Å². The van der Waals surface area contributed by atoms with Gasteiger partial charge in [-0.25, -0.2) is 4.98 Å². The molecule has 8 nitrogen and oxygen atoms in total. The van der Waals surface area contributed by atoms with Crippen LogP contribution in [0.25, 0.3) is 10.8 Å². The van der Waals surface area contributed by atoms with E-state index in [0.29, 0.717) is 35.1 Å². The van der Waals surface area contributed by atoms with Gasteiger partial charge in [-0.05, 0) is 91.3 Å². The van der Waals surface area contributed by atoms with Crippen molar-refractivity contribution in [3.63, 3.8) is 0 Å². The summed E-state index contributed by atoms with van der Waals surface area (Å²) in [6.45, 7) is 3.84. The Hall–Kier alpha value is -4.43. The van der Waals surface area contributed by atoms with Crippen molar-refractivity contribution >= 4 is 28.4 Å². The van der Waals surface area contributed by atoms with Crippen LogP contribution in [-0.2, 0) is 0 Å². The van der Waals surface area contributed by atoms with Gasteiger partial charge in [-0.2, -0.15) is 0 Å². The van der Waals surface area contributed by atoms with Crippen molar-refractivity contribution in [2.24, 2.45) is 0 Å². The fourth-order valence-corrected chi connectivity index (χ4v) is 4.53. The lowest BCUT2D eigenvalue weighted by molar-refractivity contribution is 0.0963. The molecule has 1 aliphatic heterocycles. The van der Waals surface area contributed by atoms with E-state index in [1.807, 2.05) is 30.3 Å². The molecule has 1 saturated heterocycles. The molecule has 0 bridgehead atoms. The highest BCUT2D eigenvalue weighted by molar-refractivity contribution is 6.07. The molecule has 4 aromatic rings. The molecule has 1 aliphatic rings. The number of nitrogens with zero attached hydrogens (tertiary/aromatic N) is 2. The fourth-order valence-electron chi connectivity index (χ4n) is 4.53. The molecule has 0 radical (unpaired) electrons. The standard InChI is InChI=1S/C30H30N4O4/c1-31-30(36)27-6-4-5-22-19-24(11-12-26(22)27)38-25-13-14-32-28(20-25)33-29(35)21-7-9-23(10-8-21)37-18-17-34-15-2-3-16-34/h4-14,19-20H,2-3,15-18H2,1H3,(H,31,36)(H,32,33,35). The zero-order valence-electron chi connectivity index (χ0n) is 21.3. The van der Waals surface area contributed by atoms with Crippen molar-refractivity contribution in [1.82, 2.24) is 15.2 Å². The van der Waals surface area contributed by atoms with Gasteiger partial charge in [0.2, 0.25) is 0 Å². The van der Waals surface area contributed by atoms with E-state index in [4.69, 9.17) is 9.47 Å². The summed E-state index contributed by atoms with van der Waals surface area (Å²) in [5.41, 5.74) is 1.11. The molecule has 8 heteroatoms. The normalized spacial score (nSPS) is 13.3. The van der Waals surface area contributed by atoms with E-state index in [-0.39, 0.29) is 11.8 Å². The van der Waals surface area contributed by atoms with Crippen LogP contribution in [-0.4, -0.2) is 55.0 Å². The number of anilines is 1. The lowest BCUT2D eigenvalue weighted by Gasteiger charge is -2.15. The van der Waals surface area contributed by atoms with Crippen molar-refractivity contribution in [2.75, 3.05) is 38.6 Å². The number of ether oxygens (including phenoxy) is 2. The van der Waals surface area contributed by atoms with Crippen LogP contribution in [0.4, 0.5) is 5.82 Å². The monoisotopic (exact) mass is 510 g/mol. The molecule has 194 valence electrons. The van der Waals surface area contributed by atoms with Crippen LogP contribution in [0.2, 0.25) is 0 Å². The minimum atomic E-state index is -0.272. The molecule has 38 heavy (non-hydrogen) atoms. The summed E-state index contributed by atoms with van der Waals surface area (Å²) in [6.07, 6.45) is 4.10. The molecule has 2 heterocycles. The van der Waals surface area contributed by atoms with Gasteiger partial charge >= 0.3 is 0 Å². The topological polar surface area (TPSA) is 92.8 Å². The van der Waals surface area contributed by atoms with E-state index in [9.17, 15) is 9.59 Å². The number of fused-ring (bicyclic) bond motifs is 1. The maximum absolute atomic E-state index is 12.8. The first-order valence-electron chi connectivity index (χ1n) is 12.7. The molecule has 0 unspecified atom stereocenters. The number of pyridine rings is 1. The summed E-state index contributed by atoms with van der Waals surface area (Å²) in [5, 5.41) is 7.20. The number of carbonyl (C=O) groups is 2. The Morgan fingerprint density at radius 2 is 1.66 bits per heavy atom. The number of nitrogens with one attached hydrogen (secondary N) is 2. The summed E-state index contributed by atoms with van der Waals surface area (Å²) in [4.78, 5) is 31.6. The third kappa shape index (κ3) is 6.10. The average molecular weight is 511 g/mol. The molecule has 3 aromatic carbocycles. The van der Waals surface area contributed by atoms with E-state index in [1.54, 1.807) is 55.7 Å². The summed E-state index contributed by atoms with van der Waals surface area (Å²) < 4.78 is 11.8. The highest BCUT2D eigenvalue weighted by Crippen LogP contribution is 2.28. The molecule has 1 aromatic heterocycles. The minimum Gasteiger partial charge on any atom is -0.492 e. The van der Waals surface area contributed by atoms with Crippen LogP contribution >= 0.6 is 0 Å². The van der Waals surface area contributed by atoms with Crippen LogP contribution in [0.15, 0.2) is 79.0 Å². The zero-order chi connectivity index (χ0) is 26.3. The fraction of sp³-hybridized carbons (Fsp3) is 0.233. The maximum Gasteiger partial charge on any atom is 0.256 e. The number of aromatic nitrogens is 1. The molecular formula is C30H30N4O4. The van der Waals surface area contributed by atoms with Crippen LogP contribution in [0.1, 0.15) is 33.6 Å². The van der Waals surface area contributed by atoms with Gasteiger partial charge in [-0.1, -0.05) is 12.1 Å². The van der Waals surface area contributed by atoms with E-state index in [2.05, 4.69) is 20.5 Å². The van der Waals surface area contributed by atoms with Gasteiger partial charge < -0.3 is 20.1 Å². The van der Waals surface area contributed by atoms with E-state index >= 15 is 0 Å². The number of carbonyl (C=O) groups excluding carboxylic acids is 2. The Morgan fingerprint density at radius 1 is 0.895 bits per heavy atom. The van der Waals surface area contributed by atoms with Crippen molar-refractivity contribution in [2.45, 2.75) is 12.8 Å². The highest BCUT2D eigenvalue weighted by atomic mass is 16.5. The quantitative estimate of drug-likeness (QED) is 0.325. The molecule has 2 amide bonds. The molecule has 5 rings (SSSR count). The lowest BCUT2D eigenvalue weighted by atomic mass is 10.0. The Bertz CT molecular complexity index is 1430. The molecule has 0 atom stereocenters. The van der Waals surface area contributed by atoms with Gasteiger partial charge in [0, 0.05) is 37.0 Å². The van der Waals surface area contributed by atoms with Gasteiger partial charge in [-0.15, -0.1) is 0 Å². The van der Waals surface area contributed by atoms with Gasteiger partial charge in [0.25, 0.3) is 11.8 Å². The Morgan fingerprint density at radius 3 is 2.45 bits per heavy atom. The molecule has 0 aliphatic carbocycles. The Labute approximate surface area is 221 Å².